The van der Waals surface area contributed by atoms with Gasteiger partial charge in [-0.1, -0.05) is 11.6 Å². The second-order valence-electron chi connectivity index (χ2n) is 10.6. The lowest BCUT2D eigenvalue weighted by Gasteiger charge is -2.38. The highest BCUT2D eigenvalue weighted by molar-refractivity contribution is 7.90. The van der Waals surface area contributed by atoms with Crippen molar-refractivity contribution >= 4 is 50.2 Å². The normalized spacial score (nSPS) is 16.9. The number of anilines is 1. The molecule has 1 spiro atoms. The van der Waals surface area contributed by atoms with E-state index in [1.165, 1.54) is 6.26 Å². The third-order valence-electron chi connectivity index (χ3n) is 7.46. The Morgan fingerprint density at radius 1 is 1.21 bits per heavy atom. The van der Waals surface area contributed by atoms with Gasteiger partial charge in [-0.3, -0.25) is 9.78 Å². The van der Waals surface area contributed by atoms with Crippen LogP contribution in [0.5, 0.6) is 0 Å². The van der Waals surface area contributed by atoms with E-state index in [4.69, 9.17) is 21.3 Å². The van der Waals surface area contributed by atoms with Crippen molar-refractivity contribution in [3.63, 3.8) is 0 Å². The maximum absolute atomic E-state index is 14.2. The molecule has 5 rings (SSSR count). The molecule has 1 aromatic carbocycles. The number of aromatic nitrogens is 3. The lowest BCUT2D eigenvalue weighted by atomic mass is 9.74. The Hall–Kier alpha value is -3.18. The molecule has 2 aliphatic heterocycles. The molecule has 0 N–H and O–H groups in total. The van der Waals surface area contributed by atoms with Crippen molar-refractivity contribution in [3.8, 4) is 0 Å². The third kappa shape index (κ3) is 5.34. The standard InChI is InChI=1S/C27H32ClN5O5S/c1-18(2)38-26(35)31-12-8-27(9-13-31)20-7-10-29-16-23(20)33(25(27)34)17-24-30-21-15-19(28)5-6-22(21)32(24)11-4-14-39(3,36)37/h5-7,10,15-16,18H,4,8-9,11-14,17H2,1-3H3. The number of sulfone groups is 1. The predicted molar refractivity (Wildman–Crippen MR) is 149 cm³/mol. The zero-order valence-electron chi connectivity index (χ0n) is 22.3. The minimum atomic E-state index is -3.12. The van der Waals surface area contributed by atoms with Crippen LogP contribution in [0.15, 0.2) is 36.7 Å². The summed E-state index contributed by atoms with van der Waals surface area (Å²) in [6.07, 6.45) is 5.42. The maximum Gasteiger partial charge on any atom is 0.410 e. The van der Waals surface area contributed by atoms with E-state index in [1.54, 1.807) is 34.3 Å². The fraction of sp³-hybridized carbons (Fsp3) is 0.481. The summed E-state index contributed by atoms with van der Waals surface area (Å²) in [6.45, 7) is 5.08. The lowest BCUT2D eigenvalue weighted by molar-refractivity contribution is -0.125. The van der Waals surface area contributed by atoms with Crippen molar-refractivity contribution in [2.75, 3.05) is 30.0 Å². The molecular formula is C27H32ClN5O5S. The van der Waals surface area contributed by atoms with E-state index < -0.39 is 15.3 Å². The van der Waals surface area contributed by atoms with Crippen LogP contribution in [0.2, 0.25) is 5.02 Å². The van der Waals surface area contributed by atoms with Crippen LogP contribution in [0.3, 0.4) is 0 Å². The van der Waals surface area contributed by atoms with Gasteiger partial charge in [0.05, 0.1) is 46.7 Å². The number of hydrogen-bond acceptors (Lipinski definition) is 7. The topological polar surface area (TPSA) is 115 Å². The number of likely N-dealkylation sites (tertiary alicyclic amines) is 1. The smallest absolute Gasteiger partial charge is 0.410 e. The summed E-state index contributed by atoms with van der Waals surface area (Å²) in [5.41, 5.74) is 2.38. The third-order valence-corrected chi connectivity index (χ3v) is 8.72. The van der Waals surface area contributed by atoms with E-state index in [1.807, 2.05) is 30.5 Å². The Morgan fingerprint density at radius 2 is 1.95 bits per heavy atom. The van der Waals surface area contributed by atoms with Crippen molar-refractivity contribution in [2.24, 2.45) is 0 Å². The number of carbonyl (C=O) groups excluding carboxylic acids is 2. The predicted octanol–water partition coefficient (Wildman–Crippen LogP) is 3.94. The molecule has 39 heavy (non-hydrogen) atoms. The minimum Gasteiger partial charge on any atom is -0.447 e. The van der Waals surface area contributed by atoms with E-state index in [0.717, 1.165) is 16.8 Å². The van der Waals surface area contributed by atoms with E-state index in [-0.39, 0.29) is 30.4 Å². The molecule has 12 heteroatoms. The molecule has 2 aliphatic rings. The first-order valence-corrected chi connectivity index (χ1v) is 15.5. The average Bonchev–Trinajstić information content (AvgIpc) is 3.31. The van der Waals surface area contributed by atoms with Crippen molar-refractivity contribution in [3.05, 3.63) is 53.1 Å². The number of aryl methyl sites for hydroxylation is 1. The summed E-state index contributed by atoms with van der Waals surface area (Å²) < 4.78 is 30.9. The number of halogens is 1. The van der Waals surface area contributed by atoms with Crippen molar-refractivity contribution in [2.45, 2.75) is 57.7 Å². The van der Waals surface area contributed by atoms with Gasteiger partial charge >= 0.3 is 6.09 Å². The number of nitrogens with zero attached hydrogens (tertiary/aromatic N) is 5. The first-order valence-electron chi connectivity index (χ1n) is 13.0. The molecule has 4 heterocycles. The highest BCUT2D eigenvalue weighted by Gasteiger charge is 2.53. The zero-order chi connectivity index (χ0) is 27.9. The number of pyridine rings is 1. The molecule has 0 unspecified atom stereocenters. The molecular weight excluding hydrogens is 542 g/mol. The number of piperidine rings is 1. The van der Waals surface area contributed by atoms with E-state index >= 15 is 0 Å². The number of amides is 2. The molecule has 3 aromatic rings. The molecule has 0 aliphatic carbocycles. The van der Waals surface area contributed by atoms with Gasteiger partial charge in [0.2, 0.25) is 5.91 Å². The average molecular weight is 574 g/mol. The number of benzene rings is 1. The largest absolute Gasteiger partial charge is 0.447 e. The summed E-state index contributed by atoms with van der Waals surface area (Å²) in [6, 6.07) is 7.30. The summed E-state index contributed by atoms with van der Waals surface area (Å²) in [5.74, 6) is 0.641. The Labute approximate surface area is 232 Å². The Bertz CT molecular complexity index is 1530. The van der Waals surface area contributed by atoms with Gasteiger partial charge in [0.1, 0.15) is 15.7 Å². The van der Waals surface area contributed by atoms with Gasteiger partial charge in [-0.05, 0) is 62.9 Å². The van der Waals surface area contributed by atoms with Gasteiger partial charge in [-0.25, -0.2) is 18.2 Å². The molecule has 1 fully saturated rings. The lowest BCUT2D eigenvalue weighted by Crippen LogP contribution is -2.50. The highest BCUT2D eigenvalue weighted by Crippen LogP contribution is 2.48. The zero-order valence-corrected chi connectivity index (χ0v) is 23.8. The fourth-order valence-electron chi connectivity index (χ4n) is 5.63. The molecule has 10 nitrogen and oxygen atoms in total. The second kappa shape index (κ2) is 10.4. The van der Waals surface area contributed by atoms with Gasteiger partial charge in [-0.2, -0.15) is 0 Å². The number of rotatable bonds is 7. The van der Waals surface area contributed by atoms with Gasteiger partial charge in [-0.15, -0.1) is 0 Å². The molecule has 208 valence electrons. The Balaban J connectivity index is 1.45. The summed E-state index contributed by atoms with van der Waals surface area (Å²) in [4.78, 5) is 39.1. The van der Waals surface area contributed by atoms with Crippen LogP contribution >= 0.6 is 11.6 Å². The number of carbonyl (C=O) groups is 2. The van der Waals surface area contributed by atoms with Gasteiger partial charge in [0.25, 0.3) is 0 Å². The van der Waals surface area contributed by atoms with Crippen LogP contribution in [-0.2, 0) is 37.9 Å². The first-order chi connectivity index (χ1) is 18.5. The molecule has 0 atom stereocenters. The van der Waals surface area contributed by atoms with E-state index in [2.05, 4.69) is 4.98 Å². The molecule has 1 saturated heterocycles. The fourth-order valence-corrected chi connectivity index (χ4v) is 6.45. The van der Waals surface area contributed by atoms with Crippen molar-refractivity contribution in [1.82, 2.24) is 19.4 Å². The monoisotopic (exact) mass is 573 g/mol. The highest BCUT2D eigenvalue weighted by atomic mass is 35.5. The van der Waals surface area contributed by atoms with Gasteiger partial charge < -0.3 is 19.1 Å². The summed E-state index contributed by atoms with van der Waals surface area (Å²) in [5, 5.41) is 0.545. The van der Waals surface area contributed by atoms with Crippen molar-refractivity contribution < 1.29 is 22.7 Å². The second-order valence-corrected chi connectivity index (χ2v) is 13.3. The van der Waals surface area contributed by atoms with Crippen molar-refractivity contribution in [1.29, 1.82) is 0 Å². The molecule has 2 amide bonds. The summed E-state index contributed by atoms with van der Waals surface area (Å²) in [7, 11) is -3.12. The SMILES string of the molecule is CC(C)OC(=O)N1CCC2(CC1)C(=O)N(Cc1nc3cc(Cl)ccc3n1CCCS(C)(=O)=O)c1cnccc12. The van der Waals surface area contributed by atoms with E-state index in [9.17, 15) is 18.0 Å². The maximum atomic E-state index is 14.2. The Kier molecular flexibility index (Phi) is 7.32. The quantitative estimate of drug-likeness (QED) is 0.420. The summed E-state index contributed by atoms with van der Waals surface area (Å²) >= 11 is 6.23. The molecule has 0 radical (unpaired) electrons. The van der Waals surface area contributed by atoms with Crippen LogP contribution in [0, 0.1) is 0 Å². The number of fused-ring (bicyclic) bond motifs is 3. The molecule has 0 bridgehead atoms. The van der Waals surface area contributed by atoms with Crippen LogP contribution in [-0.4, -0.2) is 71.1 Å². The minimum absolute atomic E-state index is 0.0462. The van der Waals surface area contributed by atoms with Gasteiger partial charge in [0.15, 0.2) is 0 Å². The molecule has 2 aromatic heterocycles. The first kappa shape index (κ1) is 27.4. The Morgan fingerprint density at radius 3 is 2.64 bits per heavy atom. The molecule has 0 saturated carbocycles. The van der Waals surface area contributed by atoms with Crippen LogP contribution < -0.4 is 4.90 Å². The number of ether oxygens (including phenoxy) is 1. The van der Waals surface area contributed by atoms with Crippen LogP contribution in [0.4, 0.5) is 10.5 Å². The van der Waals surface area contributed by atoms with E-state index in [0.29, 0.717) is 55.3 Å². The van der Waals surface area contributed by atoms with Crippen LogP contribution in [0.25, 0.3) is 11.0 Å². The van der Waals surface area contributed by atoms with Crippen LogP contribution in [0.1, 0.15) is 44.5 Å². The number of hydrogen-bond donors (Lipinski definition) is 0. The van der Waals surface area contributed by atoms with Gasteiger partial charge in [0, 0.05) is 37.1 Å². The number of imidazole rings is 1.